The van der Waals surface area contributed by atoms with Gasteiger partial charge in [0.15, 0.2) is 0 Å². The van der Waals surface area contributed by atoms with Gasteiger partial charge in [0.2, 0.25) is 5.91 Å². The number of carbonyl (C=O) groups is 3. The molecule has 0 atom stereocenters. The number of imidazole rings is 1. The van der Waals surface area contributed by atoms with E-state index in [4.69, 9.17) is 0 Å². The summed E-state index contributed by atoms with van der Waals surface area (Å²) in [6, 6.07) is 18.2. The van der Waals surface area contributed by atoms with Crippen molar-refractivity contribution in [1.29, 1.82) is 0 Å². The van der Waals surface area contributed by atoms with E-state index in [1.165, 1.54) is 17.0 Å². The van der Waals surface area contributed by atoms with Gasteiger partial charge in [-0.15, -0.1) is 0 Å². The fourth-order valence-electron chi connectivity index (χ4n) is 3.59. The molecule has 2 heterocycles. The molecule has 3 amide bonds. The summed E-state index contributed by atoms with van der Waals surface area (Å²) in [5.74, 6) is -0.222. The normalized spacial score (nSPS) is 13.7. The molecule has 33 heavy (non-hydrogen) atoms. The Morgan fingerprint density at radius 3 is 2.73 bits per heavy atom. The lowest BCUT2D eigenvalue weighted by Crippen LogP contribution is -2.28. The van der Waals surface area contributed by atoms with Crippen LogP contribution in [-0.4, -0.2) is 37.7 Å². The standard InChI is InChI=1S/C24H17FN4O3S/c25-17-6-2-4-15(10-17)22-27-19-8-7-18(11-20(19)28-22)26-23(31)16-5-1-3-14(9-16)12-29-21(30)13-33-24(29)32/h1-11H,12-13H2,(H,26,31)(H,27,28). The second-order valence-corrected chi connectivity index (χ2v) is 8.44. The number of rotatable bonds is 5. The first-order valence-corrected chi connectivity index (χ1v) is 11.1. The molecule has 2 N–H and O–H groups in total. The summed E-state index contributed by atoms with van der Waals surface area (Å²) in [5, 5.41) is 2.57. The zero-order valence-corrected chi connectivity index (χ0v) is 18.0. The Kier molecular flexibility index (Phi) is 5.39. The average molecular weight is 460 g/mol. The van der Waals surface area contributed by atoms with Gasteiger partial charge in [-0.25, -0.2) is 9.37 Å². The molecule has 0 radical (unpaired) electrons. The van der Waals surface area contributed by atoms with Gasteiger partial charge >= 0.3 is 0 Å². The van der Waals surface area contributed by atoms with Gasteiger partial charge in [-0.05, 0) is 48.0 Å². The first-order chi connectivity index (χ1) is 16.0. The number of thioether (sulfide) groups is 1. The number of hydrogen-bond donors (Lipinski definition) is 2. The monoisotopic (exact) mass is 460 g/mol. The predicted molar refractivity (Wildman–Crippen MR) is 124 cm³/mol. The van der Waals surface area contributed by atoms with E-state index in [9.17, 15) is 18.8 Å². The van der Waals surface area contributed by atoms with Crippen LogP contribution in [0.1, 0.15) is 15.9 Å². The molecular weight excluding hydrogens is 443 g/mol. The van der Waals surface area contributed by atoms with Crippen molar-refractivity contribution in [3.63, 3.8) is 0 Å². The molecule has 0 aliphatic carbocycles. The summed E-state index contributed by atoms with van der Waals surface area (Å²) in [6.07, 6.45) is 0. The van der Waals surface area contributed by atoms with E-state index in [2.05, 4.69) is 15.3 Å². The fraction of sp³-hybridized carbons (Fsp3) is 0.0833. The van der Waals surface area contributed by atoms with Gasteiger partial charge in [0.1, 0.15) is 11.6 Å². The first kappa shape index (κ1) is 20.9. The Morgan fingerprint density at radius 1 is 1.09 bits per heavy atom. The van der Waals surface area contributed by atoms with Crippen molar-refractivity contribution < 1.29 is 18.8 Å². The van der Waals surface area contributed by atoms with Crippen LogP contribution < -0.4 is 5.32 Å². The van der Waals surface area contributed by atoms with Gasteiger partial charge in [-0.3, -0.25) is 19.3 Å². The lowest BCUT2D eigenvalue weighted by molar-refractivity contribution is -0.125. The van der Waals surface area contributed by atoms with Crippen molar-refractivity contribution in [2.24, 2.45) is 0 Å². The maximum absolute atomic E-state index is 13.5. The van der Waals surface area contributed by atoms with E-state index >= 15 is 0 Å². The number of anilines is 1. The molecule has 0 bridgehead atoms. The quantitative estimate of drug-likeness (QED) is 0.445. The van der Waals surface area contributed by atoms with Crippen LogP contribution in [0.25, 0.3) is 22.4 Å². The van der Waals surface area contributed by atoms with Gasteiger partial charge in [0.25, 0.3) is 11.1 Å². The van der Waals surface area contributed by atoms with Gasteiger partial charge < -0.3 is 10.3 Å². The number of aromatic nitrogens is 2. The molecule has 1 saturated heterocycles. The average Bonchev–Trinajstić information content (AvgIpc) is 3.37. The molecule has 1 aliphatic rings. The molecular formula is C24H17FN4O3S. The summed E-state index contributed by atoms with van der Waals surface area (Å²) in [4.78, 5) is 45.3. The number of nitrogens with one attached hydrogen (secondary N) is 2. The van der Waals surface area contributed by atoms with Crippen molar-refractivity contribution in [3.8, 4) is 11.4 Å². The number of carbonyl (C=O) groups excluding carboxylic acids is 3. The van der Waals surface area contributed by atoms with E-state index < -0.39 is 0 Å². The fourth-order valence-corrected chi connectivity index (χ4v) is 4.32. The zero-order chi connectivity index (χ0) is 22.9. The van der Waals surface area contributed by atoms with Crippen molar-refractivity contribution in [3.05, 3.63) is 83.7 Å². The van der Waals surface area contributed by atoms with Crippen molar-refractivity contribution in [1.82, 2.24) is 14.9 Å². The molecule has 0 unspecified atom stereocenters. The lowest BCUT2D eigenvalue weighted by Gasteiger charge is -2.13. The van der Waals surface area contributed by atoms with E-state index in [0.717, 1.165) is 11.8 Å². The highest BCUT2D eigenvalue weighted by Gasteiger charge is 2.29. The van der Waals surface area contributed by atoms with Gasteiger partial charge in [0.05, 0.1) is 23.3 Å². The number of hydrogen-bond acceptors (Lipinski definition) is 5. The Balaban J connectivity index is 1.34. The molecule has 4 aromatic rings. The third-order valence-electron chi connectivity index (χ3n) is 5.21. The molecule has 0 saturated carbocycles. The maximum atomic E-state index is 13.5. The second-order valence-electron chi connectivity index (χ2n) is 7.52. The van der Waals surface area contributed by atoms with Crippen LogP contribution in [0.2, 0.25) is 0 Å². The number of nitrogens with zero attached hydrogens (tertiary/aromatic N) is 2. The van der Waals surface area contributed by atoms with Crippen LogP contribution in [-0.2, 0) is 11.3 Å². The summed E-state index contributed by atoms with van der Waals surface area (Å²) in [6.45, 7) is 0.134. The highest BCUT2D eigenvalue weighted by molar-refractivity contribution is 8.14. The van der Waals surface area contributed by atoms with Crippen LogP contribution >= 0.6 is 11.8 Å². The summed E-state index contributed by atoms with van der Waals surface area (Å²) < 4.78 is 13.5. The summed E-state index contributed by atoms with van der Waals surface area (Å²) in [7, 11) is 0. The predicted octanol–water partition coefficient (Wildman–Crippen LogP) is 4.82. The molecule has 1 aliphatic heterocycles. The van der Waals surface area contributed by atoms with E-state index in [1.54, 1.807) is 54.6 Å². The third kappa shape index (κ3) is 4.35. The van der Waals surface area contributed by atoms with Crippen LogP contribution in [0.4, 0.5) is 14.9 Å². The van der Waals surface area contributed by atoms with Crippen LogP contribution in [0, 0.1) is 5.82 Å². The van der Waals surface area contributed by atoms with Gasteiger partial charge in [-0.1, -0.05) is 36.0 Å². The molecule has 3 aromatic carbocycles. The lowest BCUT2D eigenvalue weighted by atomic mass is 10.1. The van der Waals surface area contributed by atoms with Gasteiger partial charge in [0, 0.05) is 16.8 Å². The Bertz CT molecular complexity index is 1400. The van der Waals surface area contributed by atoms with Crippen LogP contribution in [0.5, 0.6) is 0 Å². The smallest absolute Gasteiger partial charge is 0.289 e. The second kappa shape index (κ2) is 8.51. The summed E-state index contributed by atoms with van der Waals surface area (Å²) in [5.41, 5.74) is 3.67. The molecule has 1 fully saturated rings. The molecule has 7 nitrogen and oxygen atoms in total. The Labute approximate surface area is 192 Å². The molecule has 0 spiro atoms. The summed E-state index contributed by atoms with van der Waals surface area (Å²) >= 11 is 0.978. The maximum Gasteiger partial charge on any atom is 0.289 e. The number of aromatic amines is 1. The third-order valence-corrected chi connectivity index (χ3v) is 6.07. The van der Waals surface area contributed by atoms with E-state index in [1.807, 2.05) is 0 Å². The number of imide groups is 1. The number of H-pyrrole nitrogens is 1. The Morgan fingerprint density at radius 2 is 1.94 bits per heavy atom. The number of amides is 3. The largest absolute Gasteiger partial charge is 0.338 e. The molecule has 5 rings (SSSR count). The number of halogens is 1. The van der Waals surface area contributed by atoms with Crippen LogP contribution in [0.3, 0.4) is 0 Å². The molecule has 9 heteroatoms. The molecule has 164 valence electrons. The van der Waals surface area contributed by atoms with Gasteiger partial charge in [-0.2, -0.15) is 0 Å². The van der Waals surface area contributed by atoms with E-state index in [0.29, 0.717) is 39.2 Å². The SMILES string of the molecule is O=C(Nc1ccc2nc(-c3cccc(F)c3)[nH]c2c1)c1cccc(CN2C(=O)CSC2=O)c1. The minimum Gasteiger partial charge on any atom is -0.338 e. The minimum absolute atomic E-state index is 0.134. The minimum atomic E-state index is -0.347. The topological polar surface area (TPSA) is 95.2 Å². The number of fused-ring (bicyclic) bond motifs is 1. The highest BCUT2D eigenvalue weighted by Crippen LogP contribution is 2.24. The van der Waals surface area contributed by atoms with Crippen LogP contribution in [0.15, 0.2) is 66.7 Å². The van der Waals surface area contributed by atoms with E-state index in [-0.39, 0.29) is 35.2 Å². The van der Waals surface area contributed by atoms with Crippen molar-refractivity contribution in [2.75, 3.05) is 11.1 Å². The van der Waals surface area contributed by atoms with Crippen molar-refractivity contribution >= 4 is 45.5 Å². The zero-order valence-electron chi connectivity index (χ0n) is 17.2. The first-order valence-electron chi connectivity index (χ1n) is 10.1. The highest BCUT2D eigenvalue weighted by atomic mass is 32.2. The van der Waals surface area contributed by atoms with Crippen molar-refractivity contribution in [2.45, 2.75) is 6.54 Å². The number of benzene rings is 3. The Hall–Kier alpha value is -3.98. The molecule has 1 aromatic heterocycles.